The Morgan fingerprint density at radius 3 is 2.61 bits per heavy atom. The van der Waals surface area contributed by atoms with Crippen LogP contribution in [0.5, 0.6) is 0 Å². The van der Waals surface area contributed by atoms with Gasteiger partial charge >= 0.3 is 0 Å². The third-order valence-corrected chi connectivity index (χ3v) is 4.64. The molecular weight excluding hydrogens is 315 g/mol. The van der Waals surface area contributed by atoms with Crippen LogP contribution in [0.25, 0.3) is 21.5 Å². The van der Waals surface area contributed by atoms with Crippen LogP contribution >= 0.6 is 11.3 Å². The second kappa shape index (κ2) is 5.92. The summed E-state index contributed by atoms with van der Waals surface area (Å²) in [5.74, 6) is 0.0724. The molecule has 7 heteroatoms. The number of thiophene rings is 1. The Balaban J connectivity index is 2.32. The molecule has 0 saturated heterocycles. The number of benzene rings is 1. The van der Waals surface area contributed by atoms with Crippen molar-refractivity contribution in [3.8, 4) is 11.3 Å². The zero-order valence-corrected chi connectivity index (χ0v) is 13.5. The van der Waals surface area contributed by atoms with Crippen molar-refractivity contribution in [2.75, 3.05) is 18.1 Å². The Morgan fingerprint density at radius 1 is 1.30 bits per heavy atom. The van der Waals surface area contributed by atoms with Crippen LogP contribution < -0.4 is 11.1 Å². The van der Waals surface area contributed by atoms with Crippen LogP contribution in [-0.2, 0) is 0 Å². The molecule has 3 N–H and O–H groups in total. The van der Waals surface area contributed by atoms with Gasteiger partial charge in [0.25, 0.3) is 0 Å². The van der Waals surface area contributed by atoms with Crippen LogP contribution in [0.1, 0.15) is 23.0 Å². The van der Waals surface area contributed by atoms with Crippen molar-refractivity contribution in [2.24, 2.45) is 0 Å². The van der Waals surface area contributed by atoms with Crippen LogP contribution in [0.15, 0.2) is 24.3 Å². The van der Waals surface area contributed by atoms with Gasteiger partial charge in [0.05, 0.1) is 21.6 Å². The smallest absolute Gasteiger partial charge is 0.224 e. The number of fused-ring (bicyclic) bond motifs is 1. The number of carbonyl (C=O) groups excluding carboxylic acids is 1. The van der Waals surface area contributed by atoms with E-state index in [0.29, 0.717) is 38.8 Å². The molecule has 2 aromatic heterocycles. The Labute approximate surface area is 136 Å². The number of nitrogens with zero attached hydrogens (tertiary/aromatic N) is 2. The lowest BCUT2D eigenvalue weighted by molar-refractivity contribution is 0.0993. The molecule has 0 bridgehead atoms. The zero-order valence-electron chi connectivity index (χ0n) is 12.7. The third-order valence-electron chi connectivity index (χ3n) is 3.50. The van der Waals surface area contributed by atoms with E-state index in [0.717, 1.165) is 5.56 Å². The van der Waals surface area contributed by atoms with Crippen molar-refractivity contribution in [1.29, 1.82) is 0 Å². The van der Waals surface area contributed by atoms with E-state index in [-0.39, 0.29) is 11.6 Å². The first-order valence-electron chi connectivity index (χ1n) is 7.12. The maximum Gasteiger partial charge on any atom is 0.224 e. The Bertz CT molecular complexity index is 889. The van der Waals surface area contributed by atoms with Crippen molar-refractivity contribution >= 4 is 39.0 Å². The average molecular weight is 330 g/mol. The van der Waals surface area contributed by atoms with E-state index in [9.17, 15) is 9.18 Å². The number of anilines is 2. The SMILES string of the molecule is CCC(=O)c1sc2nc(NC)nc(-c3ccc(F)cc3)c2c1N. The Kier molecular flexibility index (Phi) is 3.96. The number of hydrogen-bond donors (Lipinski definition) is 2. The molecule has 23 heavy (non-hydrogen) atoms. The number of carbonyl (C=O) groups is 1. The minimum Gasteiger partial charge on any atom is -0.397 e. The van der Waals surface area contributed by atoms with Crippen LogP contribution in [0.4, 0.5) is 16.0 Å². The molecule has 0 radical (unpaired) electrons. The lowest BCUT2D eigenvalue weighted by Crippen LogP contribution is -2.00. The summed E-state index contributed by atoms with van der Waals surface area (Å²) in [4.78, 5) is 22.0. The highest BCUT2D eigenvalue weighted by atomic mass is 32.1. The molecule has 0 aliphatic heterocycles. The molecular formula is C16H15FN4OS. The summed E-state index contributed by atoms with van der Waals surface area (Å²) in [6.45, 7) is 1.79. The summed E-state index contributed by atoms with van der Waals surface area (Å²) in [5.41, 5.74) is 7.88. The van der Waals surface area contributed by atoms with Gasteiger partial charge in [-0.2, -0.15) is 0 Å². The van der Waals surface area contributed by atoms with Gasteiger partial charge in [0.15, 0.2) is 5.78 Å². The minimum absolute atomic E-state index is 0.0263. The molecule has 118 valence electrons. The fourth-order valence-electron chi connectivity index (χ4n) is 2.32. The molecule has 0 amide bonds. The van der Waals surface area contributed by atoms with E-state index in [2.05, 4.69) is 15.3 Å². The summed E-state index contributed by atoms with van der Waals surface area (Å²) in [5, 5.41) is 3.53. The third kappa shape index (κ3) is 2.63. The van der Waals surface area contributed by atoms with E-state index >= 15 is 0 Å². The predicted octanol–water partition coefficient (Wildman–Crippen LogP) is 3.71. The molecule has 1 aromatic carbocycles. The van der Waals surface area contributed by atoms with Gasteiger partial charge in [-0.15, -0.1) is 11.3 Å². The minimum atomic E-state index is -0.326. The maximum absolute atomic E-state index is 13.2. The molecule has 3 rings (SSSR count). The fraction of sp³-hybridized carbons (Fsp3) is 0.188. The number of Topliss-reactive ketones (excluding diaryl/α,β-unsaturated/α-hetero) is 1. The van der Waals surface area contributed by atoms with Crippen molar-refractivity contribution in [3.63, 3.8) is 0 Å². The Hall–Kier alpha value is -2.54. The molecule has 0 atom stereocenters. The topological polar surface area (TPSA) is 80.9 Å². The molecule has 0 aliphatic carbocycles. The summed E-state index contributed by atoms with van der Waals surface area (Å²) in [6, 6.07) is 6.00. The summed E-state index contributed by atoms with van der Waals surface area (Å²) in [7, 11) is 1.71. The quantitative estimate of drug-likeness (QED) is 0.713. The number of nitrogens with one attached hydrogen (secondary N) is 1. The number of ketones is 1. The van der Waals surface area contributed by atoms with Gasteiger partial charge in [0.1, 0.15) is 10.6 Å². The van der Waals surface area contributed by atoms with Crippen LogP contribution in [0.3, 0.4) is 0 Å². The number of aromatic nitrogens is 2. The van der Waals surface area contributed by atoms with Gasteiger partial charge < -0.3 is 11.1 Å². The van der Waals surface area contributed by atoms with E-state index in [1.807, 2.05) is 0 Å². The second-order valence-corrected chi connectivity index (χ2v) is 5.95. The van der Waals surface area contributed by atoms with E-state index < -0.39 is 0 Å². The van der Waals surface area contributed by atoms with Crippen LogP contribution in [0.2, 0.25) is 0 Å². The average Bonchev–Trinajstić information content (AvgIpc) is 2.91. The van der Waals surface area contributed by atoms with E-state index in [1.165, 1.54) is 23.5 Å². The Morgan fingerprint density at radius 2 is 2.00 bits per heavy atom. The summed E-state index contributed by atoms with van der Waals surface area (Å²) in [6.07, 6.45) is 0.370. The van der Waals surface area contributed by atoms with Gasteiger partial charge in [0, 0.05) is 19.0 Å². The number of nitrogens with two attached hydrogens (primary N) is 1. The van der Waals surface area contributed by atoms with Crippen molar-refractivity contribution < 1.29 is 9.18 Å². The van der Waals surface area contributed by atoms with Crippen LogP contribution in [0, 0.1) is 5.82 Å². The normalized spacial score (nSPS) is 10.9. The van der Waals surface area contributed by atoms with E-state index in [4.69, 9.17) is 5.73 Å². The lowest BCUT2D eigenvalue weighted by Gasteiger charge is -2.07. The molecule has 0 unspecified atom stereocenters. The highest BCUT2D eigenvalue weighted by molar-refractivity contribution is 7.21. The van der Waals surface area contributed by atoms with Gasteiger partial charge in [-0.25, -0.2) is 14.4 Å². The molecule has 5 nitrogen and oxygen atoms in total. The number of rotatable bonds is 4. The second-order valence-electron chi connectivity index (χ2n) is 4.95. The van der Waals surface area contributed by atoms with Gasteiger partial charge in [-0.05, 0) is 24.3 Å². The van der Waals surface area contributed by atoms with E-state index in [1.54, 1.807) is 26.1 Å². The largest absolute Gasteiger partial charge is 0.397 e. The first-order valence-corrected chi connectivity index (χ1v) is 7.93. The fourth-order valence-corrected chi connectivity index (χ4v) is 3.42. The number of hydrogen-bond acceptors (Lipinski definition) is 6. The lowest BCUT2D eigenvalue weighted by atomic mass is 10.1. The predicted molar refractivity (Wildman–Crippen MR) is 91.4 cm³/mol. The maximum atomic E-state index is 13.2. The standard InChI is InChI=1S/C16H15FN4OS/c1-3-10(22)14-12(18)11-13(8-4-6-9(17)7-5-8)20-16(19-2)21-15(11)23-14/h4-7H,3,18H2,1-2H3,(H,19,20,21). The molecule has 3 aromatic rings. The molecule has 2 heterocycles. The van der Waals surface area contributed by atoms with Crippen molar-refractivity contribution in [2.45, 2.75) is 13.3 Å². The molecule has 0 aliphatic rings. The molecule has 0 saturated carbocycles. The van der Waals surface area contributed by atoms with Gasteiger partial charge in [0.2, 0.25) is 5.95 Å². The summed E-state index contributed by atoms with van der Waals surface area (Å²) < 4.78 is 13.2. The van der Waals surface area contributed by atoms with Gasteiger partial charge in [-0.1, -0.05) is 6.92 Å². The zero-order chi connectivity index (χ0) is 16.6. The number of halogens is 1. The first-order chi connectivity index (χ1) is 11.0. The molecule has 0 spiro atoms. The molecule has 0 fully saturated rings. The van der Waals surface area contributed by atoms with Crippen molar-refractivity contribution in [3.05, 3.63) is 35.0 Å². The number of nitrogen functional groups attached to an aromatic ring is 1. The van der Waals surface area contributed by atoms with Crippen LogP contribution in [-0.4, -0.2) is 22.8 Å². The van der Waals surface area contributed by atoms with Crippen molar-refractivity contribution in [1.82, 2.24) is 9.97 Å². The first kappa shape index (κ1) is 15.4. The monoisotopic (exact) mass is 330 g/mol. The van der Waals surface area contributed by atoms with Gasteiger partial charge in [-0.3, -0.25) is 4.79 Å². The highest BCUT2D eigenvalue weighted by Gasteiger charge is 2.21. The summed E-state index contributed by atoms with van der Waals surface area (Å²) >= 11 is 1.26. The highest BCUT2D eigenvalue weighted by Crippen LogP contribution is 2.39.